The lowest BCUT2D eigenvalue weighted by Gasteiger charge is -2.17. The molecule has 1 amide bonds. The van der Waals surface area contributed by atoms with E-state index in [9.17, 15) is 9.59 Å². The number of hydrogen-bond acceptors (Lipinski definition) is 3. The van der Waals surface area contributed by atoms with Gasteiger partial charge in [0.15, 0.2) is 4.77 Å². The van der Waals surface area contributed by atoms with Crippen molar-refractivity contribution in [1.29, 1.82) is 0 Å². The molecule has 1 atom stereocenters. The first-order valence-corrected chi connectivity index (χ1v) is 8.59. The molecule has 1 aromatic heterocycles. The minimum Gasteiger partial charge on any atom is -0.345 e. The molecule has 3 N–H and O–H groups in total. The maximum Gasteiger partial charge on any atom is 0.259 e. The summed E-state index contributed by atoms with van der Waals surface area (Å²) in [6.45, 7) is 2.00. The van der Waals surface area contributed by atoms with Gasteiger partial charge >= 0.3 is 0 Å². The summed E-state index contributed by atoms with van der Waals surface area (Å²) in [6.07, 6.45) is 0.739. The van der Waals surface area contributed by atoms with Crippen LogP contribution < -0.4 is 10.9 Å². The number of halogens is 1. The van der Waals surface area contributed by atoms with E-state index in [2.05, 4.69) is 15.3 Å². The third-order valence-corrected chi connectivity index (χ3v) is 4.44. The van der Waals surface area contributed by atoms with E-state index in [1.54, 1.807) is 30.3 Å². The smallest absolute Gasteiger partial charge is 0.259 e. The van der Waals surface area contributed by atoms with E-state index in [0.29, 0.717) is 21.5 Å². The standard InChI is InChI=1S/C18H16ClN3O2S/c1-2-14(10-3-6-12(19)7-4-10)20-16(23)11-5-8-13-15(9-11)21-18(25)22-17(13)24/h3-9,14H,2H2,1H3,(H,20,23)(H2,21,22,24,25). The van der Waals surface area contributed by atoms with Crippen LogP contribution in [-0.2, 0) is 0 Å². The first-order chi connectivity index (χ1) is 12.0. The number of carbonyl (C=O) groups excluding carboxylic acids is 1. The highest BCUT2D eigenvalue weighted by molar-refractivity contribution is 7.71. The zero-order valence-corrected chi connectivity index (χ0v) is 15.0. The Morgan fingerprint density at radius 2 is 1.92 bits per heavy atom. The van der Waals surface area contributed by atoms with E-state index in [-0.39, 0.29) is 22.3 Å². The summed E-state index contributed by atoms with van der Waals surface area (Å²) in [4.78, 5) is 29.9. The average Bonchev–Trinajstić information content (AvgIpc) is 2.59. The topological polar surface area (TPSA) is 77.8 Å². The van der Waals surface area contributed by atoms with Gasteiger partial charge in [0, 0.05) is 10.6 Å². The molecule has 7 heteroatoms. The Bertz CT molecular complexity index is 1040. The summed E-state index contributed by atoms with van der Waals surface area (Å²) >= 11 is 10.9. The Balaban J connectivity index is 1.89. The SMILES string of the molecule is CCC(NC(=O)c1ccc2c(=O)[nH]c(=S)[nH]c2c1)c1ccc(Cl)cc1. The van der Waals surface area contributed by atoms with Crippen LogP contribution in [0.1, 0.15) is 35.3 Å². The molecule has 3 rings (SSSR count). The molecule has 0 aliphatic carbocycles. The van der Waals surface area contributed by atoms with Crippen molar-refractivity contribution in [1.82, 2.24) is 15.3 Å². The number of carbonyl (C=O) groups is 1. The highest BCUT2D eigenvalue weighted by Crippen LogP contribution is 2.20. The molecule has 128 valence electrons. The molecule has 25 heavy (non-hydrogen) atoms. The van der Waals surface area contributed by atoms with Gasteiger partial charge in [0.1, 0.15) is 0 Å². The minimum absolute atomic E-state index is 0.127. The van der Waals surface area contributed by atoms with Crippen molar-refractivity contribution in [2.24, 2.45) is 0 Å². The Kier molecular flexibility index (Phi) is 5.01. The highest BCUT2D eigenvalue weighted by atomic mass is 35.5. The van der Waals surface area contributed by atoms with Crippen LogP contribution in [-0.4, -0.2) is 15.9 Å². The molecule has 0 saturated heterocycles. The Labute approximate surface area is 154 Å². The maximum atomic E-state index is 12.6. The summed E-state index contributed by atoms with van der Waals surface area (Å²) in [5.41, 5.74) is 1.69. The summed E-state index contributed by atoms with van der Waals surface area (Å²) in [7, 11) is 0. The van der Waals surface area contributed by atoms with Crippen LogP contribution in [0.5, 0.6) is 0 Å². The van der Waals surface area contributed by atoms with Crippen LogP contribution in [0.2, 0.25) is 5.02 Å². The fourth-order valence-corrected chi connectivity index (χ4v) is 3.00. The monoisotopic (exact) mass is 373 g/mol. The maximum absolute atomic E-state index is 12.6. The number of rotatable bonds is 4. The summed E-state index contributed by atoms with van der Waals surface area (Å²) in [5.74, 6) is -0.219. The molecule has 0 aliphatic rings. The molecule has 0 aliphatic heterocycles. The van der Waals surface area contributed by atoms with Crippen molar-refractivity contribution in [3.63, 3.8) is 0 Å². The molecular weight excluding hydrogens is 358 g/mol. The van der Waals surface area contributed by atoms with Gasteiger partial charge in [-0.3, -0.25) is 14.6 Å². The van der Waals surface area contributed by atoms with Crippen molar-refractivity contribution in [3.8, 4) is 0 Å². The van der Waals surface area contributed by atoms with Crippen molar-refractivity contribution >= 4 is 40.6 Å². The molecule has 3 aromatic rings. The number of benzene rings is 2. The Morgan fingerprint density at radius 3 is 2.60 bits per heavy atom. The first kappa shape index (κ1) is 17.4. The molecule has 1 unspecified atom stereocenters. The predicted molar refractivity (Wildman–Crippen MR) is 102 cm³/mol. The van der Waals surface area contributed by atoms with Gasteiger partial charge in [0.2, 0.25) is 0 Å². The second kappa shape index (κ2) is 7.21. The van der Waals surface area contributed by atoms with Crippen LogP contribution in [0.25, 0.3) is 10.9 Å². The quantitative estimate of drug-likeness (QED) is 0.602. The first-order valence-electron chi connectivity index (χ1n) is 7.80. The number of fused-ring (bicyclic) bond motifs is 1. The third-order valence-electron chi connectivity index (χ3n) is 3.99. The molecule has 0 radical (unpaired) electrons. The van der Waals surface area contributed by atoms with Gasteiger partial charge in [-0.25, -0.2) is 0 Å². The molecule has 0 fully saturated rings. The molecule has 0 bridgehead atoms. The second-order valence-corrected chi connectivity index (χ2v) is 6.50. The molecular formula is C18H16ClN3O2S. The highest BCUT2D eigenvalue weighted by Gasteiger charge is 2.15. The molecule has 1 heterocycles. The van der Waals surface area contributed by atoms with Gasteiger partial charge in [-0.05, 0) is 54.5 Å². The fraction of sp³-hybridized carbons (Fsp3) is 0.167. The van der Waals surface area contributed by atoms with Gasteiger partial charge in [-0.1, -0.05) is 30.7 Å². The van der Waals surface area contributed by atoms with E-state index in [4.69, 9.17) is 23.8 Å². The van der Waals surface area contributed by atoms with Crippen molar-refractivity contribution in [2.75, 3.05) is 0 Å². The molecule has 0 spiro atoms. The number of aromatic amines is 2. The van der Waals surface area contributed by atoms with Crippen LogP contribution in [0.4, 0.5) is 0 Å². The number of nitrogens with one attached hydrogen (secondary N) is 3. The van der Waals surface area contributed by atoms with Crippen molar-refractivity contribution in [2.45, 2.75) is 19.4 Å². The zero-order valence-electron chi connectivity index (χ0n) is 13.4. The summed E-state index contributed by atoms with van der Waals surface area (Å²) in [6, 6.07) is 12.1. The van der Waals surface area contributed by atoms with E-state index >= 15 is 0 Å². The van der Waals surface area contributed by atoms with Crippen LogP contribution in [0.15, 0.2) is 47.3 Å². The lowest BCUT2D eigenvalue weighted by molar-refractivity contribution is 0.0935. The Morgan fingerprint density at radius 1 is 1.20 bits per heavy atom. The number of hydrogen-bond donors (Lipinski definition) is 3. The summed E-state index contributed by atoms with van der Waals surface area (Å²) < 4.78 is 0.225. The summed E-state index contributed by atoms with van der Waals surface area (Å²) in [5, 5.41) is 4.11. The van der Waals surface area contributed by atoms with E-state index < -0.39 is 0 Å². The molecule has 2 aromatic carbocycles. The van der Waals surface area contributed by atoms with Gasteiger partial charge in [-0.15, -0.1) is 0 Å². The Hall–Kier alpha value is -2.44. The number of aromatic nitrogens is 2. The van der Waals surface area contributed by atoms with E-state index in [1.807, 2.05) is 19.1 Å². The van der Waals surface area contributed by atoms with Gasteiger partial charge in [0.05, 0.1) is 16.9 Å². The van der Waals surface area contributed by atoms with Gasteiger partial charge < -0.3 is 10.3 Å². The van der Waals surface area contributed by atoms with Crippen LogP contribution >= 0.6 is 23.8 Å². The molecule has 5 nitrogen and oxygen atoms in total. The zero-order chi connectivity index (χ0) is 18.0. The number of amides is 1. The van der Waals surface area contributed by atoms with Crippen molar-refractivity contribution in [3.05, 3.63) is 73.7 Å². The lowest BCUT2D eigenvalue weighted by Crippen LogP contribution is -2.28. The number of H-pyrrole nitrogens is 2. The van der Waals surface area contributed by atoms with Gasteiger partial charge in [0.25, 0.3) is 11.5 Å². The van der Waals surface area contributed by atoms with Crippen LogP contribution in [0.3, 0.4) is 0 Å². The third kappa shape index (κ3) is 3.81. The fourth-order valence-electron chi connectivity index (χ4n) is 2.67. The van der Waals surface area contributed by atoms with Crippen LogP contribution in [0, 0.1) is 4.77 Å². The second-order valence-electron chi connectivity index (χ2n) is 5.65. The van der Waals surface area contributed by atoms with E-state index in [1.165, 1.54) is 0 Å². The normalized spacial score (nSPS) is 12.1. The predicted octanol–water partition coefficient (Wildman–Crippen LogP) is 4.12. The minimum atomic E-state index is -0.279. The molecule has 0 saturated carbocycles. The largest absolute Gasteiger partial charge is 0.345 e. The van der Waals surface area contributed by atoms with Gasteiger partial charge in [-0.2, -0.15) is 0 Å². The lowest BCUT2D eigenvalue weighted by atomic mass is 10.0. The average molecular weight is 374 g/mol. The van der Waals surface area contributed by atoms with E-state index in [0.717, 1.165) is 12.0 Å². The van der Waals surface area contributed by atoms with Crippen molar-refractivity contribution < 1.29 is 4.79 Å².